The molecule has 0 atom stereocenters. The van der Waals surface area contributed by atoms with E-state index >= 15 is 0 Å². The third-order valence-electron chi connectivity index (χ3n) is 4.46. The van der Waals surface area contributed by atoms with Crippen LogP contribution < -0.4 is 5.32 Å². The van der Waals surface area contributed by atoms with Crippen molar-refractivity contribution in [3.05, 3.63) is 60.3 Å². The zero-order valence-electron chi connectivity index (χ0n) is 15.7. The molecule has 0 unspecified atom stereocenters. The van der Waals surface area contributed by atoms with Crippen molar-refractivity contribution in [1.29, 1.82) is 0 Å². The first kappa shape index (κ1) is 17.9. The molecule has 8 heteroatoms. The summed E-state index contributed by atoms with van der Waals surface area (Å²) in [6, 6.07) is 15.1. The van der Waals surface area contributed by atoms with Gasteiger partial charge in [0, 0.05) is 42.2 Å². The van der Waals surface area contributed by atoms with Crippen molar-refractivity contribution in [3.63, 3.8) is 0 Å². The Kier molecular flexibility index (Phi) is 4.86. The van der Waals surface area contributed by atoms with E-state index in [1.807, 2.05) is 54.7 Å². The summed E-state index contributed by atoms with van der Waals surface area (Å²) in [4.78, 5) is 14.2. The summed E-state index contributed by atoms with van der Waals surface area (Å²) in [7, 11) is 3.38. The quantitative estimate of drug-likeness (QED) is 0.559. The minimum absolute atomic E-state index is 0.175. The van der Waals surface area contributed by atoms with E-state index in [1.165, 1.54) is 4.80 Å². The summed E-state index contributed by atoms with van der Waals surface area (Å²) < 4.78 is 7.23. The molecule has 4 aromatic rings. The van der Waals surface area contributed by atoms with E-state index in [9.17, 15) is 4.79 Å². The first-order valence-electron chi connectivity index (χ1n) is 8.87. The van der Waals surface area contributed by atoms with Crippen molar-refractivity contribution in [2.45, 2.75) is 6.54 Å². The van der Waals surface area contributed by atoms with E-state index < -0.39 is 0 Å². The molecule has 0 fully saturated rings. The van der Waals surface area contributed by atoms with Gasteiger partial charge >= 0.3 is 0 Å². The molecule has 0 saturated carbocycles. The molecule has 0 radical (unpaired) electrons. The Morgan fingerprint density at radius 3 is 2.86 bits per heavy atom. The number of nitrogens with zero attached hydrogens (tertiary/aromatic N) is 5. The number of ether oxygens (including phenoxy) is 1. The molecule has 2 heterocycles. The van der Waals surface area contributed by atoms with Crippen LogP contribution in [0.5, 0.6) is 0 Å². The van der Waals surface area contributed by atoms with E-state index in [0.717, 1.165) is 23.0 Å². The number of hydrogen-bond acceptors (Lipinski definition) is 5. The zero-order chi connectivity index (χ0) is 19.5. The summed E-state index contributed by atoms with van der Waals surface area (Å²) in [5.74, 6) is 0.335. The molecule has 0 spiro atoms. The Morgan fingerprint density at radius 2 is 2.07 bits per heavy atom. The molecule has 0 aliphatic heterocycles. The van der Waals surface area contributed by atoms with Gasteiger partial charge in [-0.3, -0.25) is 4.79 Å². The second-order valence-corrected chi connectivity index (χ2v) is 6.41. The number of fused-ring (bicyclic) bond motifs is 1. The lowest BCUT2D eigenvalue weighted by Crippen LogP contribution is -2.12. The highest BCUT2D eigenvalue weighted by molar-refractivity contribution is 6.06. The molecule has 2 aromatic heterocycles. The molecule has 28 heavy (non-hydrogen) atoms. The van der Waals surface area contributed by atoms with E-state index in [0.29, 0.717) is 23.7 Å². The predicted molar refractivity (Wildman–Crippen MR) is 106 cm³/mol. The van der Waals surface area contributed by atoms with Crippen LogP contribution in [0.4, 0.5) is 5.69 Å². The molecule has 0 bridgehead atoms. The first-order chi connectivity index (χ1) is 13.6. The molecule has 0 aliphatic carbocycles. The molecule has 4 rings (SSSR count). The van der Waals surface area contributed by atoms with Gasteiger partial charge in [-0.15, -0.1) is 10.2 Å². The number of benzene rings is 2. The zero-order valence-corrected chi connectivity index (χ0v) is 15.7. The van der Waals surface area contributed by atoms with Crippen LogP contribution in [0.25, 0.3) is 22.3 Å². The molecular formula is C20H20N6O2. The van der Waals surface area contributed by atoms with Crippen LogP contribution in [-0.4, -0.2) is 44.4 Å². The van der Waals surface area contributed by atoms with Crippen molar-refractivity contribution < 1.29 is 9.53 Å². The number of hydrogen-bond donors (Lipinski definition) is 1. The van der Waals surface area contributed by atoms with Gasteiger partial charge in [-0.25, -0.2) is 0 Å². The van der Waals surface area contributed by atoms with Gasteiger partial charge in [0.2, 0.25) is 5.82 Å². The summed E-state index contributed by atoms with van der Waals surface area (Å²) in [5.41, 5.74) is 3.05. The topological polar surface area (TPSA) is 86.9 Å². The van der Waals surface area contributed by atoms with Crippen LogP contribution in [0.3, 0.4) is 0 Å². The number of tetrazole rings is 1. The summed E-state index contributed by atoms with van der Waals surface area (Å²) in [6.45, 7) is 1.35. The largest absolute Gasteiger partial charge is 0.383 e. The number of carbonyl (C=O) groups is 1. The Bertz CT molecular complexity index is 1130. The van der Waals surface area contributed by atoms with Gasteiger partial charge < -0.3 is 14.6 Å². The number of rotatable bonds is 6. The average Bonchev–Trinajstić information content (AvgIpc) is 3.32. The minimum Gasteiger partial charge on any atom is -0.383 e. The Morgan fingerprint density at radius 1 is 1.18 bits per heavy atom. The number of nitrogens with one attached hydrogen (secondary N) is 1. The number of aromatic nitrogens is 5. The minimum atomic E-state index is -0.175. The van der Waals surface area contributed by atoms with Gasteiger partial charge in [0.05, 0.1) is 13.7 Å². The van der Waals surface area contributed by atoms with Crippen LogP contribution in [0, 0.1) is 0 Å². The average molecular weight is 376 g/mol. The summed E-state index contributed by atoms with van der Waals surface area (Å²) in [6.07, 6.45) is 2.00. The van der Waals surface area contributed by atoms with Crippen molar-refractivity contribution in [2.75, 3.05) is 19.0 Å². The van der Waals surface area contributed by atoms with Crippen molar-refractivity contribution >= 4 is 22.5 Å². The van der Waals surface area contributed by atoms with E-state index in [4.69, 9.17) is 4.74 Å². The molecule has 8 nitrogen and oxygen atoms in total. The molecule has 142 valence electrons. The van der Waals surface area contributed by atoms with Gasteiger partial charge in [0.25, 0.3) is 5.91 Å². The highest BCUT2D eigenvalue weighted by Crippen LogP contribution is 2.21. The SMILES string of the molecule is COCCn1ccc2ccc(C(=O)Nc3cccc(-c4nnn(C)n4)c3)cc21. The lowest BCUT2D eigenvalue weighted by atomic mass is 10.1. The van der Waals surface area contributed by atoms with Gasteiger partial charge in [-0.05, 0) is 40.9 Å². The predicted octanol–water partition coefficient (Wildman–Crippen LogP) is 2.73. The van der Waals surface area contributed by atoms with Gasteiger partial charge in [0.1, 0.15) is 0 Å². The van der Waals surface area contributed by atoms with Crippen LogP contribution in [0.1, 0.15) is 10.4 Å². The number of aryl methyl sites for hydroxylation is 1. The van der Waals surface area contributed by atoms with Gasteiger partial charge in [-0.1, -0.05) is 18.2 Å². The molecular weight excluding hydrogens is 356 g/mol. The van der Waals surface area contributed by atoms with Gasteiger partial charge in [0.15, 0.2) is 0 Å². The van der Waals surface area contributed by atoms with Gasteiger partial charge in [-0.2, -0.15) is 4.80 Å². The fourth-order valence-corrected chi connectivity index (χ4v) is 3.05. The van der Waals surface area contributed by atoms with Crippen LogP contribution >= 0.6 is 0 Å². The maximum atomic E-state index is 12.8. The highest BCUT2D eigenvalue weighted by Gasteiger charge is 2.11. The van der Waals surface area contributed by atoms with Crippen molar-refractivity contribution in [2.24, 2.45) is 7.05 Å². The second-order valence-electron chi connectivity index (χ2n) is 6.41. The molecule has 0 saturated heterocycles. The maximum absolute atomic E-state index is 12.8. The van der Waals surface area contributed by atoms with Crippen molar-refractivity contribution in [1.82, 2.24) is 24.8 Å². The Labute approximate surface area is 161 Å². The standard InChI is InChI=1S/C20H20N6O2/c1-25-23-19(22-24-25)15-4-3-5-17(12-15)21-20(27)16-7-6-14-8-9-26(10-11-28-2)18(14)13-16/h3-9,12-13H,10-11H2,1-2H3,(H,21,27). The monoisotopic (exact) mass is 376 g/mol. The Hall–Kier alpha value is -3.52. The maximum Gasteiger partial charge on any atom is 0.255 e. The number of anilines is 1. The van der Waals surface area contributed by atoms with Crippen molar-refractivity contribution in [3.8, 4) is 11.4 Å². The molecule has 2 aromatic carbocycles. The highest BCUT2D eigenvalue weighted by atomic mass is 16.5. The lowest BCUT2D eigenvalue weighted by molar-refractivity contribution is 0.102. The molecule has 0 aliphatic rings. The molecule has 1 amide bonds. The van der Waals surface area contributed by atoms with Crippen LogP contribution in [0.2, 0.25) is 0 Å². The van der Waals surface area contributed by atoms with E-state index in [1.54, 1.807) is 14.2 Å². The van der Waals surface area contributed by atoms with Crippen LogP contribution in [-0.2, 0) is 18.3 Å². The lowest BCUT2D eigenvalue weighted by Gasteiger charge is -2.08. The fraction of sp³-hybridized carbons (Fsp3) is 0.200. The normalized spacial score (nSPS) is 11.1. The molecule has 1 N–H and O–H groups in total. The summed E-state index contributed by atoms with van der Waals surface area (Å²) >= 11 is 0. The fourth-order valence-electron chi connectivity index (χ4n) is 3.05. The van der Waals surface area contributed by atoms with E-state index in [-0.39, 0.29) is 5.91 Å². The second kappa shape index (κ2) is 7.61. The third kappa shape index (κ3) is 3.63. The van der Waals surface area contributed by atoms with Crippen LogP contribution in [0.15, 0.2) is 54.7 Å². The number of amides is 1. The van der Waals surface area contributed by atoms with E-state index in [2.05, 4.69) is 25.3 Å². The smallest absolute Gasteiger partial charge is 0.255 e. The Balaban J connectivity index is 1.56. The number of methoxy groups -OCH3 is 1. The number of carbonyl (C=O) groups excluding carboxylic acids is 1. The summed E-state index contributed by atoms with van der Waals surface area (Å²) in [5, 5.41) is 16.1. The third-order valence-corrected chi connectivity index (χ3v) is 4.46. The first-order valence-corrected chi connectivity index (χ1v) is 8.87.